The Labute approximate surface area is 145 Å². The first-order chi connectivity index (χ1) is 11.9. The molecule has 0 saturated heterocycles. The Kier molecular flexibility index (Phi) is 5.89. The predicted molar refractivity (Wildman–Crippen MR) is 92.8 cm³/mol. The zero-order valence-electron chi connectivity index (χ0n) is 14.0. The molecule has 2 aromatic carbocycles. The summed E-state index contributed by atoms with van der Waals surface area (Å²) < 4.78 is 4.89. The zero-order chi connectivity index (χ0) is 18.4. The molecule has 0 heterocycles. The van der Waals surface area contributed by atoms with Gasteiger partial charge in [-0.2, -0.15) is 0 Å². The van der Waals surface area contributed by atoms with Crippen LogP contribution in [0.1, 0.15) is 42.1 Å². The van der Waals surface area contributed by atoms with E-state index in [4.69, 9.17) is 4.74 Å². The minimum atomic E-state index is -1.22. The van der Waals surface area contributed by atoms with Crippen LogP contribution in [0, 0.1) is 0 Å². The lowest BCUT2D eigenvalue weighted by Gasteiger charge is -2.17. The van der Waals surface area contributed by atoms with E-state index in [1.54, 1.807) is 0 Å². The van der Waals surface area contributed by atoms with Gasteiger partial charge in [-0.25, -0.2) is 4.79 Å². The number of carboxylic acid groups (broad SMARTS) is 1. The van der Waals surface area contributed by atoms with Crippen molar-refractivity contribution in [3.05, 3.63) is 59.7 Å². The van der Waals surface area contributed by atoms with Gasteiger partial charge in [-0.05, 0) is 30.2 Å². The van der Waals surface area contributed by atoms with Crippen LogP contribution in [-0.2, 0) is 9.59 Å². The Hall–Kier alpha value is -3.15. The maximum absolute atomic E-state index is 12.6. The van der Waals surface area contributed by atoms with E-state index in [-0.39, 0.29) is 22.9 Å². The second kappa shape index (κ2) is 8.10. The first-order valence-electron chi connectivity index (χ1n) is 7.84. The molecule has 2 aromatic rings. The van der Waals surface area contributed by atoms with Gasteiger partial charge in [0.1, 0.15) is 5.75 Å². The molecule has 1 atom stereocenters. The second-order valence-electron chi connectivity index (χ2n) is 5.47. The molecule has 1 amide bonds. The first kappa shape index (κ1) is 18.2. The largest absolute Gasteiger partial charge is 0.478 e. The molecule has 0 radical (unpaired) electrons. The van der Waals surface area contributed by atoms with Gasteiger partial charge >= 0.3 is 11.9 Å². The number of amides is 1. The molecule has 0 aliphatic carbocycles. The summed E-state index contributed by atoms with van der Waals surface area (Å²) in [7, 11) is 0. The van der Waals surface area contributed by atoms with Crippen LogP contribution < -0.4 is 10.1 Å². The lowest BCUT2D eigenvalue weighted by molar-refractivity contribution is -0.131. The third-order valence-electron chi connectivity index (χ3n) is 3.67. The van der Waals surface area contributed by atoms with E-state index in [0.29, 0.717) is 6.42 Å². The van der Waals surface area contributed by atoms with Crippen LogP contribution in [0.3, 0.4) is 0 Å². The fourth-order valence-corrected chi connectivity index (χ4v) is 2.52. The number of esters is 1. The summed E-state index contributed by atoms with van der Waals surface area (Å²) >= 11 is 0. The summed E-state index contributed by atoms with van der Waals surface area (Å²) in [6.07, 6.45) is 0.573. The van der Waals surface area contributed by atoms with E-state index >= 15 is 0 Å². The third-order valence-corrected chi connectivity index (χ3v) is 3.67. The van der Waals surface area contributed by atoms with E-state index < -0.39 is 17.9 Å². The summed E-state index contributed by atoms with van der Waals surface area (Å²) in [5.41, 5.74) is 0.869. The highest BCUT2D eigenvalue weighted by Crippen LogP contribution is 2.26. The van der Waals surface area contributed by atoms with Crippen molar-refractivity contribution < 1.29 is 24.2 Å². The van der Waals surface area contributed by atoms with Crippen molar-refractivity contribution in [1.82, 2.24) is 0 Å². The molecular weight excluding hydrogens is 322 g/mol. The second-order valence-corrected chi connectivity index (χ2v) is 5.47. The average Bonchev–Trinajstić information content (AvgIpc) is 2.57. The van der Waals surface area contributed by atoms with Gasteiger partial charge in [0.15, 0.2) is 0 Å². The molecule has 6 nitrogen and oxygen atoms in total. The summed E-state index contributed by atoms with van der Waals surface area (Å²) in [5, 5.41) is 12.0. The Morgan fingerprint density at radius 1 is 1.12 bits per heavy atom. The highest BCUT2D eigenvalue weighted by atomic mass is 16.5. The Balaban J connectivity index is 2.27. The molecule has 0 bridgehead atoms. The van der Waals surface area contributed by atoms with Gasteiger partial charge in [0.05, 0.1) is 17.2 Å². The number of hydrogen-bond acceptors (Lipinski definition) is 4. The lowest BCUT2D eigenvalue weighted by Crippen LogP contribution is -2.22. The van der Waals surface area contributed by atoms with Crippen LogP contribution in [0.5, 0.6) is 5.75 Å². The van der Waals surface area contributed by atoms with Crippen LogP contribution in [0.15, 0.2) is 48.5 Å². The maximum Gasteiger partial charge on any atom is 0.337 e. The lowest BCUT2D eigenvalue weighted by atomic mass is 9.95. The number of anilines is 1. The van der Waals surface area contributed by atoms with Crippen molar-refractivity contribution in [3.63, 3.8) is 0 Å². The van der Waals surface area contributed by atoms with E-state index in [9.17, 15) is 19.5 Å². The van der Waals surface area contributed by atoms with Crippen molar-refractivity contribution in [2.45, 2.75) is 26.2 Å². The molecule has 2 rings (SSSR count). The van der Waals surface area contributed by atoms with Crippen molar-refractivity contribution in [2.75, 3.05) is 5.32 Å². The van der Waals surface area contributed by atoms with Gasteiger partial charge in [0.2, 0.25) is 5.91 Å². The van der Waals surface area contributed by atoms with E-state index in [2.05, 4.69) is 5.32 Å². The van der Waals surface area contributed by atoms with Crippen LogP contribution in [0.4, 0.5) is 5.69 Å². The number of carbonyl (C=O) groups excluding carboxylic acids is 2. The number of nitrogens with one attached hydrogen (secondary N) is 1. The fraction of sp³-hybridized carbons (Fsp3) is 0.211. The zero-order valence-corrected chi connectivity index (χ0v) is 14.0. The Morgan fingerprint density at radius 2 is 1.80 bits per heavy atom. The molecule has 0 aliphatic rings. The monoisotopic (exact) mass is 341 g/mol. The van der Waals surface area contributed by atoms with Crippen LogP contribution in [-0.4, -0.2) is 23.0 Å². The molecule has 0 spiro atoms. The summed E-state index contributed by atoms with van der Waals surface area (Å²) in [4.78, 5) is 35.1. The predicted octanol–water partition coefficient (Wildman–Crippen LogP) is 3.44. The normalized spacial score (nSPS) is 11.4. The smallest absolute Gasteiger partial charge is 0.337 e. The molecule has 1 unspecified atom stereocenters. The number of carboxylic acids is 1. The van der Waals surface area contributed by atoms with Crippen LogP contribution in [0.2, 0.25) is 0 Å². The summed E-state index contributed by atoms with van der Waals surface area (Å²) in [5.74, 6) is -2.36. The third kappa shape index (κ3) is 4.67. The van der Waals surface area contributed by atoms with E-state index in [0.717, 1.165) is 5.56 Å². The SMILES string of the molecule is CCC(C(=O)Nc1ccc(OC(C)=O)cc1C(=O)O)c1ccccc1. The molecule has 0 saturated carbocycles. The van der Waals surface area contributed by atoms with Gasteiger partial charge in [-0.3, -0.25) is 9.59 Å². The first-order valence-corrected chi connectivity index (χ1v) is 7.84. The number of rotatable bonds is 6. The molecule has 0 fully saturated rings. The number of ether oxygens (including phenoxy) is 1. The van der Waals surface area contributed by atoms with Gasteiger partial charge < -0.3 is 15.2 Å². The molecule has 6 heteroatoms. The minimum Gasteiger partial charge on any atom is -0.478 e. The number of hydrogen-bond donors (Lipinski definition) is 2. The minimum absolute atomic E-state index is 0.109. The van der Waals surface area contributed by atoms with Crippen molar-refractivity contribution in [1.29, 1.82) is 0 Å². The summed E-state index contributed by atoms with van der Waals surface area (Å²) in [6, 6.07) is 13.3. The van der Waals surface area contributed by atoms with Gasteiger partial charge in [-0.1, -0.05) is 37.3 Å². The van der Waals surface area contributed by atoms with Gasteiger partial charge in [0, 0.05) is 6.92 Å². The van der Waals surface area contributed by atoms with Crippen LogP contribution >= 0.6 is 0 Å². The molecule has 0 aliphatic heterocycles. The van der Waals surface area contributed by atoms with E-state index in [1.807, 2.05) is 37.3 Å². The highest BCUT2D eigenvalue weighted by molar-refractivity contribution is 6.03. The topological polar surface area (TPSA) is 92.7 Å². The maximum atomic E-state index is 12.6. The Bertz CT molecular complexity index is 786. The van der Waals surface area contributed by atoms with Crippen molar-refractivity contribution in [3.8, 4) is 5.75 Å². The number of carbonyl (C=O) groups is 3. The van der Waals surface area contributed by atoms with Crippen molar-refractivity contribution >= 4 is 23.5 Å². The fourth-order valence-electron chi connectivity index (χ4n) is 2.52. The van der Waals surface area contributed by atoms with Gasteiger partial charge in [0.25, 0.3) is 0 Å². The average molecular weight is 341 g/mol. The summed E-state index contributed by atoms with van der Waals surface area (Å²) in [6.45, 7) is 3.11. The molecular formula is C19H19NO5. The quantitative estimate of drug-likeness (QED) is 0.620. The number of benzene rings is 2. The van der Waals surface area contributed by atoms with E-state index in [1.165, 1.54) is 25.1 Å². The Morgan fingerprint density at radius 3 is 2.36 bits per heavy atom. The standard InChI is InChI=1S/C19H19NO5/c1-3-15(13-7-5-4-6-8-13)18(22)20-17-10-9-14(25-12(2)21)11-16(17)19(23)24/h4-11,15H,3H2,1-2H3,(H,20,22)(H,23,24). The van der Waals surface area contributed by atoms with Crippen LogP contribution in [0.25, 0.3) is 0 Å². The highest BCUT2D eigenvalue weighted by Gasteiger charge is 2.21. The molecule has 130 valence electrons. The number of aromatic carboxylic acids is 1. The molecule has 0 aromatic heterocycles. The van der Waals surface area contributed by atoms with Crippen molar-refractivity contribution in [2.24, 2.45) is 0 Å². The molecule has 25 heavy (non-hydrogen) atoms. The van der Waals surface area contributed by atoms with Gasteiger partial charge in [-0.15, -0.1) is 0 Å². The molecule has 2 N–H and O–H groups in total.